The van der Waals surface area contributed by atoms with Gasteiger partial charge in [0.1, 0.15) is 17.2 Å². The average Bonchev–Trinajstić information content (AvgIpc) is 3.24. The number of carbonyl (C=O) groups excluding carboxylic acids is 1. The van der Waals surface area contributed by atoms with Crippen LogP contribution in [0.1, 0.15) is 12.5 Å². The Kier molecular flexibility index (Phi) is 7.68. The molecule has 1 aromatic heterocycles. The molecule has 4 aromatic carbocycles. The van der Waals surface area contributed by atoms with Crippen LogP contribution in [-0.2, 0) is 21.4 Å². The van der Waals surface area contributed by atoms with E-state index in [2.05, 4.69) is 22.9 Å². The first-order chi connectivity index (χ1) is 19.1. The Morgan fingerprint density at radius 1 is 0.925 bits per heavy atom. The van der Waals surface area contributed by atoms with Gasteiger partial charge in [0.25, 0.3) is 10.0 Å². The van der Waals surface area contributed by atoms with Crippen LogP contribution in [0, 0.1) is 6.92 Å². The molecule has 0 spiro atoms. The summed E-state index contributed by atoms with van der Waals surface area (Å²) in [6.07, 6.45) is 0. The van der Waals surface area contributed by atoms with Gasteiger partial charge in [-0.05, 0) is 74.0 Å². The SMILES string of the molecule is CCn1c2ccccc2c2cc(NC(=O)CN(c3cc(Cl)cc(Cl)c3)S(=O)(=O)c3cc(C)ccc3OC)ccc21. The van der Waals surface area contributed by atoms with Crippen molar-refractivity contribution in [3.63, 3.8) is 0 Å². The number of nitrogens with one attached hydrogen (secondary N) is 1. The lowest BCUT2D eigenvalue weighted by atomic mass is 10.1. The lowest BCUT2D eigenvalue weighted by Crippen LogP contribution is -2.38. The van der Waals surface area contributed by atoms with Gasteiger partial charge in [0.15, 0.2) is 0 Å². The van der Waals surface area contributed by atoms with Crippen LogP contribution in [-0.4, -0.2) is 32.5 Å². The summed E-state index contributed by atoms with van der Waals surface area (Å²) in [7, 11) is -2.89. The van der Waals surface area contributed by atoms with E-state index in [1.54, 1.807) is 19.1 Å². The van der Waals surface area contributed by atoms with Crippen LogP contribution >= 0.6 is 23.2 Å². The van der Waals surface area contributed by atoms with Crippen LogP contribution < -0.4 is 14.4 Å². The number of methoxy groups -OCH3 is 1. The molecule has 0 bridgehead atoms. The topological polar surface area (TPSA) is 80.6 Å². The van der Waals surface area contributed by atoms with Gasteiger partial charge in [-0.25, -0.2) is 8.42 Å². The minimum absolute atomic E-state index is 0.0762. The number of benzene rings is 4. The normalized spacial score (nSPS) is 11.6. The highest BCUT2D eigenvalue weighted by Gasteiger charge is 2.31. The number of anilines is 2. The Labute approximate surface area is 242 Å². The first kappa shape index (κ1) is 27.8. The molecule has 5 rings (SSSR count). The fraction of sp³-hybridized carbons (Fsp3) is 0.167. The van der Waals surface area contributed by atoms with Crippen molar-refractivity contribution in [2.24, 2.45) is 0 Å². The molecule has 7 nitrogen and oxygen atoms in total. The van der Waals surface area contributed by atoms with Gasteiger partial charge in [0, 0.05) is 44.1 Å². The number of aromatic nitrogens is 1. The maximum atomic E-state index is 14.0. The highest BCUT2D eigenvalue weighted by molar-refractivity contribution is 7.93. The van der Waals surface area contributed by atoms with Crippen molar-refractivity contribution in [1.29, 1.82) is 0 Å². The van der Waals surface area contributed by atoms with E-state index in [9.17, 15) is 13.2 Å². The molecule has 0 radical (unpaired) electrons. The summed E-state index contributed by atoms with van der Waals surface area (Å²) in [4.78, 5) is 13.3. The molecule has 0 unspecified atom stereocenters. The minimum Gasteiger partial charge on any atom is -0.495 e. The quantitative estimate of drug-likeness (QED) is 0.204. The Morgan fingerprint density at radius 3 is 2.33 bits per heavy atom. The number of rotatable bonds is 8. The van der Waals surface area contributed by atoms with Gasteiger partial charge in [0.2, 0.25) is 5.91 Å². The number of sulfonamides is 1. The number of aryl methyl sites for hydroxylation is 2. The number of ether oxygens (including phenoxy) is 1. The van der Waals surface area contributed by atoms with Gasteiger partial charge in [0.05, 0.1) is 12.8 Å². The highest BCUT2D eigenvalue weighted by Crippen LogP contribution is 2.34. The number of nitrogens with zero attached hydrogens (tertiary/aromatic N) is 2. The standard InChI is InChI=1S/C30H27Cl2N3O4S/c1-4-34-26-8-6-5-7-24(26)25-17-22(10-11-27(25)34)33-30(36)18-35(23-15-20(31)14-21(32)16-23)40(37,38)29-13-19(2)9-12-28(29)39-3/h5-17H,4,18H2,1-3H3,(H,33,36). The average molecular weight is 597 g/mol. The zero-order chi connectivity index (χ0) is 28.6. The lowest BCUT2D eigenvalue weighted by Gasteiger charge is -2.25. The summed E-state index contributed by atoms with van der Waals surface area (Å²) in [5, 5.41) is 5.40. The molecule has 1 heterocycles. The molecule has 0 saturated heterocycles. The Bertz CT molecular complexity index is 1850. The van der Waals surface area contributed by atoms with E-state index < -0.39 is 22.5 Å². The Hall–Kier alpha value is -3.72. The van der Waals surface area contributed by atoms with Gasteiger partial charge < -0.3 is 14.6 Å². The molecule has 10 heteroatoms. The third kappa shape index (κ3) is 5.22. The molecule has 1 amide bonds. The van der Waals surface area contributed by atoms with Gasteiger partial charge in [-0.15, -0.1) is 0 Å². The summed E-state index contributed by atoms with van der Waals surface area (Å²) in [6.45, 7) is 4.14. The maximum Gasteiger partial charge on any atom is 0.268 e. The molecular weight excluding hydrogens is 569 g/mol. The molecule has 0 fully saturated rings. The second kappa shape index (κ2) is 11.0. The number of halogens is 2. The highest BCUT2D eigenvalue weighted by atomic mass is 35.5. The summed E-state index contributed by atoms with van der Waals surface area (Å²) in [5.41, 5.74) is 3.56. The van der Waals surface area contributed by atoms with Gasteiger partial charge in [-0.3, -0.25) is 9.10 Å². The van der Waals surface area contributed by atoms with Gasteiger partial charge in [-0.2, -0.15) is 0 Å². The molecule has 206 valence electrons. The second-order valence-electron chi connectivity index (χ2n) is 9.34. The van der Waals surface area contributed by atoms with Crippen molar-refractivity contribution in [2.45, 2.75) is 25.3 Å². The van der Waals surface area contributed by atoms with E-state index in [0.717, 1.165) is 32.7 Å². The zero-order valence-corrected chi connectivity index (χ0v) is 24.4. The largest absolute Gasteiger partial charge is 0.495 e. The second-order valence-corrected chi connectivity index (χ2v) is 12.0. The van der Waals surface area contributed by atoms with Crippen molar-refractivity contribution in [1.82, 2.24) is 4.57 Å². The fourth-order valence-electron chi connectivity index (χ4n) is 4.91. The molecule has 0 saturated carbocycles. The first-order valence-corrected chi connectivity index (χ1v) is 14.8. The number of hydrogen-bond acceptors (Lipinski definition) is 4. The van der Waals surface area contributed by atoms with Crippen LogP contribution in [0.5, 0.6) is 5.75 Å². The van der Waals surface area contributed by atoms with Crippen LogP contribution in [0.2, 0.25) is 10.0 Å². The van der Waals surface area contributed by atoms with Gasteiger partial charge in [-0.1, -0.05) is 47.5 Å². The third-order valence-electron chi connectivity index (χ3n) is 6.68. The summed E-state index contributed by atoms with van der Waals surface area (Å²) >= 11 is 12.4. The van der Waals surface area contributed by atoms with E-state index in [4.69, 9.17) is 27.9 Å². The van der Waals surface area contributed by atoms with Crippen molar-refractivity contribution >= 4 is 72.3 Å². The molecule has 0 aliphatic rings. The van der Waals surface area contributed by atoms with Crippen molar-refractivity contribution in [3.05, 3.63) is 94.5 Å². The minimum atomic E-state index is -4.28. The summed E-state index contributed by atoms with van der Waals surface area (Å²) in [5.74, 6) is -0.383. The van der Waals surface area contributed by atoms with Crippen LogP contribution in [0.4, 0.5) is 11.4 Å². The number of fused-ring (bicyclic) bond motifs is 3. The van der Waals surface area contributed by atoms with E-state index in [0.29, 0.717) is 11.3 Å². The number of para-hydroxylation sites is 1. The summed E-state index contributed by atoms with van der Waals surface area (Å²) in [6, 6.07) is 23.0. The Morgan fingerprint density at radius 2 is 1.62 bits per heavy atom. The smallest absolute Gasteiger partial charge is 0.268 e. The number of amides is 1. The maximum absolute atomic E-state index is 14.0. The van der Waals surface area contributed by atoms with E-state index in [-0.39, 0.29) is 26.4 Å². The number of carbonyl (C=O) groups is 1. The molecule has 0 aliphatic heterocycles. The molecular formula is C30H27Cl2N3O4S. The predicted molar refractivity (Wildman–Crippen MR) is 162 cm³/mol. The van der Waals surface area contributed by atoms with E-state index >= 15 is 0 Å². The molecule has 5 aromatic rings. The Balaban J connectivity index is 1.53. The van der Waals surface area contributed by atoms with E-state index in [1.807, 2.05) is 36.4 Å². The van der Waals surface area contributed by atoms with Crippen LogP contribution in [0.15, 0.2) is 83.8 Å². The van der Waals surface area contributed by atoms with Crippen molar-refractivity contribution in [3.8, 4) is 5.75 Å². The fourth-order valence-corrected chi connectivity index (χ4v) is 7.07. The first-order valence-electron chi connectivity index (χ1n) is 12.6. The van der Waals surface area contributed by atoms with Crippen molar-refractivity contribution in [2.75, 3.05) is 23.3 Å². The summed E-state index contributed by atoms with van der Waals surface area (Å²) < 4.78 is 36.6. The predicted octanol–water partition coefficient (Wildman–Crippen LogP) is 7.27. The van der Waals surface area contributed by atoms with Crippen LogP contribution in [0.3, 0.4) is 0 Å². The van der Waals surface area contributed by atoms with Crippen molar-refractivity contribution < 1.29 is 17.9 Å². The number of hydrogen-bond donors (Lipinski definition) is 1. The molecule has 40 heavy (non-hydrogen) atoms. The molecule has 1 N–H and O–H groups in total. The third-order valence-corrected chi connectivity index (χ3v) is 8.91. The zero-order valence-electron chi connectivity index (χ0n) is 22.1. The van der Waals surface area contributed by atoms with Crippen LogP contribution in [0.25, 0.3) is 21.8 Å². The molecule has 0 aliphatic carbocycles. The van der Waals surface area contributed by atoms with Gasteiger partial charge >= 0.3 is 0 Å². The monoisotopic (exact) mass is 595 g/mol. The lowest BCUT2D eigenvalue weighted by molar-refractivity contribution is -0.114. The molecule has 0 atom stereocenters. The van der Waals surface area contributed by atoms with E-state index in [1.165, 1.54) is 31.4 Å².